The lowest BCUT2D eigenvalue weighted by molar-refractivity contribution is 0.0691. The summed E-state index contributed by atoms with van der Waals surface area (Å²) in [6.45, 7) is 2.14. The van der Waals surface area contributed by atoms with E-state index in [1.807, 2.05) is 0 Å². The van der Waals surface area contributed by atoms with Crippen molar-refractivity contribution in [2.45, 2.75) is 25.8 Å². The molecule has 16 heavy (non-hydrogen) atoms. The van der Waals surface area contributed by atoms with Crippen LogP contribution < -0.4 is 5.32 Å². The number of carboxylic acids is 1. The van der Waals surface area contributed by atoms with Gasteiger partial charge in [0.2, 0.25) is 0 Å². The van der Waals surface area contributed by atoms with Crippen LogP contribution in [0, 0.1) is 5.92 Å². The topological polar surface area (TPSA) is 62.2 Å². The number of nitrogens with zero attached hydrogens (tertiary/aromatic N) is 1. The van der Waals surface area contributed by atoms with Crippen molar-refractivity contribution in [3.05, 3.63) is 22.8 Å². The lowest BCUT2D eigenvalue weighted by Gasteiger charge is -2.06. The normalized spacial score (nSPS) is 22.9. The van der Waals surface area contributed by atoms with Crippen LogP contribution >= 0.6 is 11.6 Å². The van der Waals surface area contributed by atoms with Crippen molar-refractivity contribution in [1.82, 2.24) is 4.98 Å². The number of aromatic carboxylic acids is 1. The van der Waals surface area contributed by atoms with Crippen LogP contribution in [-0.4, -0.2) is 22.1 Å². The second-order valence-corrected chi connectivity index (χ2v) is 4.39. The molecule has 1 aromatic heterocycles. The Morgan fingerprint density at radius 2 is 2.44 bits per heavy atom. The second kappa shape index (κ2) is 4.29. The van der Waals surface area contributed by atoms with Crippen LogP contribution in [0.4, 0.5) is 5.82 Å². The highest BCUT2D eigenvalue weighted by atomic mass is 35.5. The Morgan fingerprint density at radius 3 is 3.00 bits per heavy atom. The highest BCUT2D eigenvalue weighted by Gasteiger charge is 2.35. The smallest absolute Gasteiger partial charge is 0.356 e. The predicted molar refractivity (Wildman–Crippen MR) is 62.0 cm³/mol. The van der Waals surface area contributed by atoms with E-state index < -0.39 is 5.97 Å². The summed E-state index contributed by atoms with van der Waals surface area (Å²) in [5, 5.41) is 12.2. The molecule has 2 atom stereocenters. The maximum absolute atomic E-state index is 10.8. The van der Waals surface area contributed by atoms with Crippen molar-refractivity contribution in [3.8, 4) is 0 Å². The molecule has 2 unspecified atom stereocenters. The van der Waals surface area contributed by atoms with Crippen LogP contribution in [0.15, 0.2) is 12.1 Å². The van der Waals surface area contributed by atoms with Gasteiger partial charge >= 0.3 is 5.97 Å². The number of carboxylic acid groups (broad SMARTS) is 1. The van der Waals surface area contributed by atoms with E-state index in [-0.39, 0.29) is 10.7 Å². The molecule has 1 aromatic rings. The minimum Gasteiger partial charge on any atom is -0.476 e. The third-order valence-corrected chi connectivity index (χ3v) is 3.13. The SMILES string of the molecule is CCC1CC1Nc1ccc(Cl)c(C(=O)O)n1. The van der Waals surface area contributed by atoms with Gasteiger partial charge in [-0.1, -0.05) is 24.9 Å². The molecule has 0 bridgehead atoms. The molecular weight excluding hydrogens is 228 g/mol. The fourth-order valence-corrected chi connectivity index (χ4v) is 1.92. The Kier molecular flexibility index (Phi) is 3.01. The summed E-state index contributed by atoms with van der Waals surface area (Å²) in [6, 6.07) is 3.70. The van der Waals surface area contributed by atoms with Crippen molar-refractivity contribution in [1.29, 1.82) is 0 Å². The summed E-state index contributed by atoms with van der Waals surface area (Å²) in [5.41, 5.74) is -0.0969. The molecule has 4 nitrogen and oxygen atoms in total. The van der Waals surface area contributed by atoms with Gasteiger partial charge in [-0.15, -0.1) is 0 Å². The highest BCUT2D eigenvalue weighted by molar-refractivity contribution is 6.33. The van der Waals surface area contributed by atoms with Gasteiger partial charge in [0.25, 0.3) is 0 Å². The molecule has 86 valence electrons. The minimum atomic E-state index is -1.10. The average molecular weight is 241 g/mol. The highest BCUT2D eigenvalue weighted by Crippen LogP contribution is 2.35. The zero-order valence-corrected chi connectivity index (χ0v) is 9.66. The van der Waals surface area contributed by atoms with Gasteiger partial charge in [-0.05, 0) is 24.5 Å². The number of hydrogen-bond acceptors (Lipinski definition) is 3. The minimum absolute atomic E-state index is 0.0969. The van der Waals surface area contributed by atoms with Crippen LogP contribution in [0.1, 0.15) is 30.3 Å². The molecule has 2 N–H and O–H groups in total. The van der Waals surface area contributed by atoms with Crippen LogP contribution in [0.25, 0.3) is 0 Å². The summed E-state index contributed by atoms with van der Waals surface area (Å²) < 4.78 is 0. The molecule has 1 aliphatic carbocycles. The van der Waals surface area contributed by atoms with Gasteiger partial charge in [0, 0.05) is 6.04 Å². The molecule has 1 heterocycles. The molecule has 0 amide bonds. The summed E-state index contributed by atoms with van der Waals surface area (Å²) in [6.07, 6.45) is 2.26. The number of hydrogen-bond donors (Lipinski definition) is 2. The number of nitrogens with one attached hydrogen (secondary N) is 1. The molecule has 1 saturated carbocycles. The molecule has 0 aromatic carbocycles. The predicted octanol–water partition coefficient (Wildman–Crippen LogP) is 2.64. The molecule has 1 fully saturated rings. The third-order valence-electron chi connectivity index (χ3n) is 2.83. The molecule has 5 heteroatoms. The number of aromatic nitrogens is 1. The lowest BCUT2D eigenvalue weighted by atomic mass is 10.3. The van der Waals surface area contributed by atoms with E-state index in [4.69, 9.17) is 16.7 Å². The maximum atomic E-state index is 10.8. The van der Waals surface area contributed by atoms with E-state index >= 15 is 0 Å². The van der Waals surface area contributed by atoms with Gasteiger partial charge in [-0.3, -0.25) is 0 Å². The van der Waals surface area contributed by atoms with Crippen LogP contribution in [0.2, 0.25) is 5.02 Å². The van der Waals surface area contributed by atoms with Crippen LogP contribution in [-0.2, 0) is 0 Å². The second-order valence-electron chi connectivity index (χ2n) is 3.99. The molecule has 0 spiro atoms. The monoisotopic (exact) mass is 240 g/mol. The van der Waals surface area contributed by atoms with Crippen molar-refractivity contribution in [2.75, 3.05) is 5.32 Å². The number of carbonyl (C=O) groups is 1. The van der Waals surface area contributed by atoms with E-state index in [0.29, 0.717) is 17.8 Å². The Labute approximate surface area is 98.6 Å². The van der Waals surface area contributed by atoms with Gasteiger partial charge < -0.3 is 10.4 Å². The molecular formula is C11H13ClN2O2. The van der Waals surface area contributed by atoms with Crippen molar-refractivity contribution in [3.63, 3.8) is 0 Å². The van der Waals surface area contributed by atoms with E-state index in [1.165, 1.54) is 0 Å². The largest absolute Gasteiger partial charge is 0.476 e. The molecule has 0 saturated heterocycles. The van der Waals surface area contributed by atoms with Gasteiger partial charge in [0.05, 0.1) is 5.02 Å². The van der Waals surface area contributed by atoms with Crippen LogP contribution in [0.5, 0.6) is 0 Å². The van der Waals surface area contributed by atoms with Crippen molar-refractivity contribution in [2.24, 2.45) is 5.92 Å². The number of pyridine rings is 1. The zero-order valence-electron chi connectivity index (χ0n) is 8.90. The summed E-state index contributed by atoms with van der Waals surface area (Å²) in [5.74, 6) is 0.171. The summed E-state index contributed by atoms with van der Waals surface area (Å²) in [4.78, 5) is 14.8. The van der Waals surface area contributed by atoms with Crippen LogP contribution in [0.3, 0.4) is 0 Å². The standard InChI is InChI=1S/C11H13ClN2O2/c1-2-6-5-8(6)13-9-4-3-7(12)10(14-9)11(15)16/h3-4,6,8H,2,5H2,1H3,(H,13,14)(H,15,16). The molecule has 0 aliphatic heterocycles. The van der Waals surface area contributed by atoms with Gasteiger partial charge in [0.1, 0.15) is 5.82 Å². The Hall–Kier alpha value is -1.29. The molecule has 2 rings (SSSR count). The van der Waals surface area contributed by atoms with Gasteiger partial charge in [0.15, 0.2) is 5.69 Å². The Balaban J connectivity index is 2.11. The van der Waals surface area contributed by atoms with Gasteiger partial charge in [-0.2, -0.15) is 0 Å². The maximum Gasteiger partial charge on any atom is 0.356 e. The fourth-order valence-electron chi connectivity index (χ4n) is 1.74. The fraction of sp³-hybridized carbons (Fsp3) is 0.455. The summed E-state index contributed by atoms with van der Waals surface area (Å²) >= 11 is 5.73. The van der Waals surface area contributed by atoms with Crippen molar-refractivity contribution < 1.29 is 9.90 Å². The summed E-state index contributed by atoms with van der Waals surface area (Å²) in [7, 11) is 0. The van der Waals surface area contributed by atoms with E-state index in [0.717, 1.165) is 12.8 Å². The van der Waals surface area contributed by atoms with E-state index in [1.54, 1.807) is 12.1 Å². The zero-order chi connectivity index (χ0) is 11.7. The van der Waals surface area contributed by atoms with Crippen molar-refractivity contribution >= 4 is 23.4 Å². The van der Waals surface area contributed by atoms with E-state index in [9.17, 15) is 4.79 Å². The lowest BCUT2D eigenvalue weighted by Crippen LogP contribution is -2.09. The molecule has 1 aliphatic rings. The average Bonchev–Trinajstić information content (AvgIpc) is 2.99. The van der Waals surface area contributed by atoms with Gasteiger partial charge in [-0.25, -0.2) is 9.78 Å². The number of anilines is 1. The Morgan fingerprint density at radius 1 is 1.69 bits per heavy atom. The number of halogens is 1. The molecule has 0 radical (unpaired) electrons. The first-order valence-electron chi connectivity index (χ1n) is 5.28. The Bertz CT molecular complexity index is 422. The third kappa shape index (κ3) is 2.27. The first kappa shape index (κ1) is 11.2. The quantitative estimate of drug-likeness (QED) is 0.849. The van der Waals surface area contributed by atoms with E-state index in [2.05, 4.69) is 17.2 Å². The first-order valence-corrected chi connectivity index (χ1v) is 5.66. The number of rotatable bonds is 4. The first-order chi connectivity index (χ1) is 7.61.